The number of para-hydroxylation sites is 1. The first-order valence-corrected chi connectivity index (χ1v) is 7.43. The van der Waals surface area contributed by atoms with E-state index < -0.39 is 18.7 Å². The van der Waals surface area contributed by atoms with E-state index in [0.717, 1.165) is 24.3 Å². The van der Waals surface area contributed by atoms with E-state index >= 15 is 0 Å². The molecule has 0 radical (unpaired) electrons. The van der Waals surface area contributed by atoms with Crippen LogP contribution in [-0.4, -0.2) is 15.8 Å². The van der Waals surface area contributed by atoms with Crippen molar-refractivity contribution in [3.63, 3.8) is 0 Å². The molecule has 22 heavy (non-hydrogen) atoms. The van der Waals surface area contributed by atoms with Gasteiger partial charge in [0, 0.05) is 12.1 Å². The number of phosphoric acid groups is 1. The minimum Gasteiger partial charge on any atom is -0.395 e. The zero-order valence-corrected chi connectivity index (χ0v) is 11.9. The summed E-state index contributed by atoms with van der Waals surface area (Å²) >= 11 is 0. The van der Waals surface area contributed by atoms with Gasteiger partial charge in [0.15, 0.2) is 0 Å². The van der Waals surface area contributed by atoms with Gasteiger partial charge in [0.05, 0.1) is 10.5 Å². The normalized spacial score (nSPS) is 13.0. The standard InChI is InChI=1S/C13H10NO7P/c15-13(10-6-8-11(9-7-10)14(16)17)21-22(18,19)20-12-4-2-1-3-5-12/h1-9H,(H,18,19). The summed E-state index contributed by atoms with van der Waals surface area (Å²) in [7, 11) is -4.65. The lowest BCUT2D eigenvalue weighted by molar-refractivity contribution is -0.384. The second-order valence-electron chi connectivity index (χ2n) is 4.06. The van der Waals surface area contributed by atoms with E-state index in [0.29, 0.717) is 0 Å². The number of benzene rings is 2. The van der Waals surface area contributed by atoms with Gasteiger partial charge in [0.1, 0.15) is 5.75 Å². The SMILES string of the molecule is O=C(OP(=O)(O)Oc1ccccc1)c1ccc([N+](=O)[O-])cc1. The third-order valence-electron chi connectivity index (χ3n) is 2.48. The first kappa shape index (κ1) is 15.7. The smallest absolute Gasteiger partial charge is 0.395 e. The lowest BCUT2D eigenvalue weighted by Crippen LogP contribution is -2.06. The summed E-state index contributed by atoms with van der Waals surface area (Å²) < 4.78 is 20.8. The molecule has 1 N–H and O–H groups in total. The van der Waals surface area contributed by atoms with Crippen molar-refractivity contribution in [2.24, 2.45) is 0 Å². The minimum atomic E-state index is -4.65. The summed E-state index contributed by atoms with van der Waals surface area (Å²) in [6.45, 7) is 0. The van der Waals surface area contributed by atoms with Gasteiger partial charge in [0.25, 0.3) is 5.69 Å². The van der Waals surface area contributed by atoms with Crippen molar-refractivity contribution in [3.8, 4) is 5.75 Å². The Labute approximate surface area is 124 Å². The molecule has 0 aliphatic carbocycles. The maximum absolute atomic E-state index is 11.7. The molecule has 0 bridgehead atoms. The van der Waals surface area contributed by atoms with Crippen molar-refractivity contribution in [1.82, 2.24) is 0 Å². The summed E-state index contributed by atoms with van der Waals surface area (Å²) in [5.74, 6) is -1.07. The van der Waals surface area contributed by atoms with Gasteiger partial charge in [-0.2, -0.15) is 0 Å². The molecule has 9 heteroatoms. The number of carbonyl (C=O) groups excluding carboxylic acids is 1. The number of nitro groups is 1. The molecule has 2 aromatic carbocycles. The number of hydrogen-bond acceptors (Lipinski definition) is 6. The Morgan fingerprint density at radius 3 is 2.23 bits per heavy atom. The van der Waals surface area contributed by atoms with Crippen molar-refractivity contribution in [3.05, 3.63) is 70.3 Å². The zero-order chi connectivity index (χ0) is 16.2. The number of hydrogen-bond donors (Lipinski definition) is 1. The molecule has 114 valence electrons. The molecule has 0 spiro atoms. The molecular weight excluding hydrogens is 313 g/mol. The molecule has 0 aliphatic rings. The Kier molecular flexibility index (Phi) is 4.55. The van der Waals surface area contributed by atoms with Crippen LogP contribution in [0.25, 0.3) is 0 Å². The van der Waals surface area contributed by atoms with E-state index in [1.165, 1.54) is 12.1 Å². The van der Waals surface area contributed by atoms with Gasteiger partial charge < -0.3 is 9.05 Å². The van der Waals surface area contributed by atoms with Crippen LogP contribution in [0.15, 0.2) is 54.6 Å². The number of nitrogens with zero attached hydrogens (tertiary/aromatic N) is 1. The van der Waals surface area contributed by atoms with Crippen molar-refractivity contribution in [1.29, 1.82) is 0 Å². The second-order valence-corrected chi connectivity index (χ2v) is 5.36. The first-order chi connectivity index (χ1) is 10.4. The quantitative estimate of drug-likeness (QED) is 0.511. The van der Waals surface area contributed by atoms with Crippen LogP contribution in [0, 0.1) is 10.1 Å². The molecule has 1 unspecified atom stereocenters. The van der Waals surface area contributed by atoms with E-state index in [4.69, 9.17) is 4.52 Å². The van der Waals surface area contributed by atoms with Crippen LogP contribution >= 0.6 is 7.82 Å². The van der Waals surface area contributed by atoms with E-state index in [1.54, 1.807) is 18.2 Å². The highest BCUT2D eigenvalue weighted by Gasteiger charge is 2.29. The van der Waals surface area contributed by atoms with Crippen LogP contribution in [-0.2, 0) is 9.09 Å². The Bertz CT molecular complexity index is 730. The molecule has 0 fully saturated rings. The number of non-ortho nitro benzene ring substituents is 1. The Balaban J connectivity index is 2.07. The fourth-order valence-corrected chi connectivity index (χ4v) is 2.25. The average molecular weight is 323 g/mol. The lowest BCUT2D eigenvalue weighted by Gasteiger charge is -2.12. The van der Waals surface area contributed by atoms with Gasteiger partial charge in [0.2, 0.25) is 0 Å². The Morgan fingerprint density at radius 2 is 1.68 bits per heavy atom. The Morgan fingerprint density at radius 1 is 1.09 bits per heavy atom. The third kappa shape index (κ3) is 4.15. The topological polar surface area (TPSA) is 116 Å². The van der Waals surface area contributed by atoms with Gasteiger partial charge >= 0.3 is 13.8 Å². The molecule has 2 aromatic rings. The highest BCUT2D eigenvalue weighted by Crippen LogP contribution is 2.44. The maximum Gasteiger partial charge on any atom is 0.587 e. The predicted octanol–water partition coefficient (Wildman–Crippen LogP) is 2.93. The van der Waals surface area contributed by atoms with Gasteiger partial charge in [-0.15, -0.1) is 0 Å². The summed E-state index contributed by atoms with van der Waals surface area (Å²) in [4.78, 5) is 31.1. The summed E-state index contributed by atoms with van der Waals surface area (Å²) in [6.07, 6.45) is 0. The lowest BCUT2D eigenvalue weighted by atomic mass is 10.2. The molecule has 2 rings (SSSR count). The van der Waals surface area contributed by atoms with Crippen LogP contribution in [0.4, 0.5) is 5.69 Å². The van der Waals surface area contributed by atoms with Crippen LogP contribution < -0.4 is 4.52 Å². The number of phosphoric ester groups is 1. The van der Waals surface area contributed by atoms with Crippen molar-refractivity contribution in [2.75, 3.05) is 0 Å². The first-order valence-electron chi connectivity index (χ1n) is 5.93. The third-order valence-corrected chi connectivity index (χ3v) is 3.31. The van der Waals surface area contributed by atoms with Gasteiger partial charge in [-0.1, -0.05) is 18.2 Å². The summed E-state index contributed by atoms with van der Waals surface area (Å²) in [5.41, 5.74) is -0.333. The molecule has 8 nitrogen and oxygen atoms in total. The molecule has 0 aliphatic heterocycles. The van der Waals surface area contributed by atoms with Gasteiger partial charge in [-0.25, -0.2) is 9.36 Å². The van der Waals surface area contributed by atoms with Gasteiger partial charge in [-0.3, -0.25) is 15.0 Å². The fourth-order valence-electron chi connectivity index (χ4n) is 1.51. The van der Waals surface area contributed by atoms with Crippen molar-refractivity contribution >= 4 is 19.5 Å². The predicted molar refractivity (Wildman–Crippen MR) is 75.4 cm³/mol. The second kappa shape index (κ2) is 6.38. The number of rotatable bonds is 5. The monoisotopic (exact) mass is 323 g/mol. The van der Waals surface area contributed by atoms with E-state index in [1.807, 2.05) is 0 Å². The van der Waals surface area contributed by atoms with Crippen LogP contribution in [0.1, 0.15) is 10.4 Å². The Hall–Kier alpha value is -2.70. The maximum atomic E-state index is 11.7. The molecule has 0 saturated heterocycles. The zero-order valence-electron chi connectivity index (χ0n) is 11.0. The molecule has 0 amide bonds. The fraction of sp³-hybridized carbons (Fsp3) is 0. The number of carbonyl (C=O) groups is 1. The van der Waals surface area contributed by atoms with Crippen LogP contribution in [0.3, 0.4) is 0 Å². The highest BCUT2D eigenvalue weighted by atomic mass is 31.2. The summed E-state index contributed by atoms with van der Waals surface area (Å²) in [6, 6.07) is 12.1. The van der Waals surface area contributed by atoms with Crippen LogP contribution in [0.5, 0.6) is 5.75 Å². The van der Waals surface area contributed by atoms with Crippen molar-refractivity contribution < 1.29 is 28.2 Å². The van der Waals surface area contributed by atoms with E-state index in [2.05, 4.69) is 4.52 Å². The molecule has 0 heterocycles. The van der Waals surface area contributed by atoms with Crippen molar-refractivity contribution in [2.45, 2.75) is 0 Å². The van der Waals surface area contributed by atoms with Gasteiger partial charge in [-0.05, 0) is 24.3 Å². The minimum absolute atomic E-state index is 0.0600. The molecular formula is C13H10NO7P. The molecule has 0 saturated carbocycles. The molecule has 1 atom stereocenters. The largest absolute Gasteiger partial charge is 0.587 e. The van der Waals surface area contributed by atoms with Crippen LogP contribution in [0.2, 0.25) is 0 Å². The molecule has 0 aromatic heterocycles. The van der Waals surface area contributed by atoms with E-state index in [-0.39, 0.29) is 17.0 Å². The summed E-state index contributed by atoms with van der Waals surface area (Å²) in [5, 5.41) is 10.5. The van der Waals surface area contributed by atoms with E-state index in [9.17, 15) is 24.4 Å². The number of nitro benzene ring substituents is 1. The average Bonchev–Trinajstić information content (AvgIpc) is 2.47. The highest BCUT2D eigenvalue weighted by molar-refractivity contribution is 7.48.